The van der Waals surface area contributed by atoms with E-state index in [9.17, 15) is 0 Å². The van der Waals surface area contributed by atoms with Gasteiger partial charge in [0, 0.05) is 6.61 Å². The van der Waals surface area contributed by atoms with Gasteiger partial charge in [-0.2, -0.15) is 4.98 Å². The van der Waals surface area contributed by atoms with Crippen molar-refractivity contribution >= 4 is 0 Å². The van der Waals surface area contributed by atoms with E-state index in [-0.39, 0.29) is 11.6 Å². The summed E-state index contributed by atoms with van der Waals surface area (Å²) in [5.41, 5.74) is -0.349. The third kappa shape index (κ3) is 2.09. The molecule has 3 rings (SSSR count). The number of nitrogens with zero attached hydrogens (tertiary/aromatic N) is 2. The summed E-state index contributed by atoms with van der Waals surface area (Å²) in [6.07, 6.45) is 5.53. The zero-order valence-corrected chi connectivity index (χ0v) is 10.2. The molecular weight excluding hydrogens is 218 g/mol. The summed E-state index contributed by atoms with van der Waals surface area (Å²) in [4.78, 5) is 4.52. The van der Waals surface area contributed by atoms with Crippen LogP contribution in [-0.4, -0.2) is 23.3 Å². The number of nitrogens with one attached hydrogen (secondary N) is 1. The SMILES string of the molecule is CC1(c2noc([C@H]3CCCN3)n2)CCCCO1. The van der Waals surface area contributed by atoms with Gasteiger partial charge in [-0.05, 0) is 45.6 Å². The number of ether oxygens (including phenoxy) is 1. The van der Waals surface area contributed by atoms with Crippen molar-refractivity contribution in [2.75, 3.05) is 13.2 Å². The van der Waals surface area contributed by atoms with Crippen LogP contribution in [0.5, 0.6) is 0 Å². The Hall–Kier alpha value is -0.940. The second kappa shape index (κ2) is 4.38. The first-order valence-corrected chi connectivity index (χ1v) is 6.49. The molecule has 0 aliphatic carbocycles. The van der Waals surface area contributed by atoms with E-state index in [1.165, 1.54) is 12.8 Å². The minimum Gasteiger partial charge on any atom is -0.367 e. The van der Waals surface area contributed by atoms with Gasteiger partial charge in [0.1, 0.15) is 5.60 Å². The highest BCUT2D eigenvalue weighted by molar-refractivity contribution is 5.03. The fourth-order valence-corrected chi connectivity index (χ4v) is 2.60. The fourth-order valence-electron chi connectivity index (χ4n) is 2.60. The van der Waals surface area contributed by atoms with Crippen LogP contribution in [0.1, 0.15) is 56.8 Å². The van der Waals surface area contributed by atoms with Crippen LogP contribution < -0.4 is 5.32 Å². The Balaban J connectivity index is 1.78. The number of rotatable bonds is 2. The Bertz CT molecular complexity index is 379. The number of aromatic nitrogens is 2. The maximum Gasteiger partial charge on any atom is 0.243 e. The monoisotopic (exact) mass is 237 g/mol. The van der Waals surface area contributed by atoms with Gasteiger partial charge in [0.15, 0.2) is 0 Å². The summed E-state index contributed by atoms with van der Waals surface area (Å²) in [5.74, 6) is 1.42. The molecule has 17 heavy (non-hydrogen) atoms. The van der Waals surface area contributed by atoms with Crippen LogP contribution in [0.25, 0.3) is 0 Å². The molecule has 0 amide bonds. The molecule has 2 aliphatic heterocycles. The average molecular weight is 237 g/mol. The van der Waals surface area contributed by atoms with Crippen molar-refractivity contribution in [2.24, 2.45) is 0 Å². The van der Waals surface area contributed by atoms with E-state index in [4.69, 9.17) is 9.26 Å². The molecule has 0 saturated carbocycles. The van der Waals surface area contributed by atoms with E-state index in [1.54, 1.807) is 0 Å². The lowest BCUT2D eigenvalue weighted by atomic mass is 9.95. The largest absolute Gasteiger partial charge is 0.367 e. The quantitative estimate of drug-likeness (QED) is 0.851. The van der Waals surface area contributed by atoms with Crippen LogP contribution in [0.4, 0.5) is 0 Å². The molecule has 5 heteroatoms. The molecule has 2 atom stereocenters. The third-order valence-corrected chi connectivity index (χ3v) is 3.74. The first-order valence-electron chi connectivity index (χ1n) is 6.49. The molecule has 94 valence electrons. The smallest absolute Gasteiger partial charge is 0.243 e. The van der Waals surface area contributed by atoms with E-state index in [1.807, 2.05) is 0 Å². The van der Waals surface area contributed by atoms with E-state index in [0.717, 1.165) is 32.4 Å². The van der Waals surface area contributed by atoms with Gasteiger partial charge in [-0.1, -0.05) is 5.16 Å². The Morgan fingerprint density at radius 1 is 1.35 bits per heavy atom. The van der Waals surface area contributed by atoms with E-state index < -0.39 is 0 Å². The summed E-state index contributed by atoms with van der Waals surface area (Å²) in [7, 11) is 0. The zero-order valence-electron chi connectivity index (χ0n) is 10.2. The molecule has 0 radical (unpaired) electrons. The molecule has 0 bridgehead atoms. The normalized spacial score (nSPS) is 34.1. The number of hydrogen-bond acceptors (Lipinski definition) is 5. The minimum atomic E-state index is -0.349. The van der Waals surface area contributed by atoms with Gasteiger partial charge in [-0.3, -0.25) is 0 Å². The zero-order chi connectivity index (χ0) is 11.7. The molecule has 2 aliphatic rings. The van der Waals surface area contributed by atoms with Crippen LogP contribution in [0.2, 0.25) is 0 Å². The van der Waals surface area contributed by atoms with Gasteiger partial charge in [-0.25, -0.2) is 0 Å². The van der Waals surface area contributed by atoms with Crippen molar-refractivity contribution in [3.05, 3.63) is 11.7 Å². The van der Waals surface area contributed by atoms with E-state index in [2.05, 4.69) is 22.4 Å². The van der Waals surface area contributed by atoms with Crippen LogP contribution in [0.15, 0.2) is 4.52 Å². The molecule has 0 aromatic carbocycles. The Labute approximate surface area is 101 Å². The predicted molar refractivity (Wildman–Crippen MR) is 61.4 cm³/mol. The van der Waals surface area contributed by atoms with Crippen LogP contribution >= 0.6 is 0 Å². The molecule has 2 fully saturated rings. The van der Waals surface area contributed by atoms with Crippen LogP contribution in [-0.2, 0) is 10.3 Å². The Kier molecular flexibility index (Phi) is 2.88. The van der Waals surface area contributed by atoms with Crippen molar-refractivity contribution in [3.63, 3.8) is 0 Å². The highest BCUT2D eigenvalue weighted by Crippen LogP contribution is 2.33. The Morgan fingerprint density at radius 3 is 3.00 bits per heavy atom. The molecule has 0 spiro atoms. The summed E-state index contributed by atoms with van der Waals surface area (Å²) < 4.78 is 11.2. The van der Waals surface area contributed by atoms with Gasteiger partial charge >= 0.3 is 0 Å². The summed E-state index contributed by atoms with van der Waals surface area (Å²) in [6, 6.07) is 0.239. The van der Waals surface area contributed by atoms with E-state index >= 15 is 0 Å². The van der Waals surface area contributed by atoms with Gasteiger partial charge in [-0.15, -0.1) is 0 Å². The lowest BCUT2D eigenvalue weighted by Gasteiger charge is -2.30. The molecule has 1 N–H and O–H groups in total. The predicted octanol–water partition coefficient (Wildman–Crippen LogP) is 1.91. The van der Waals surface area contributed by atoms with Crippen molar-refractivity contribution in [2.45, 2.75) is 50.7 Å². The van der Waals surface area contributed by atoms with Crippen LogP contribution in [0.3, 0.4) is 0 Å². The first kappa shape index (κ1) is 11.2. The molecule has 3 heterocycles. The second-order valence-corrected chi connectivity index (χ2v) is 5.14. The molecule has 1 unspecified atom stereocenters. The van der Waals surface area contributed by atoms with Crippen molar-refractivity contribution in [1.29, 1.82) is 0 Å². The van der Waals surface area contributed by atoms with Gasteiger partial charge < -0.3 is 14.6 Å². The topological polar surface area (TPSA) is 60.2 Å². The van der Waals surface area contributed by atoms with Gasteiger partial charge in [0.2, 0.25) is 11.7 Å². The molecule has 1 aromatic rings. The lowest BCUT2D eigenvalue weighted by Crippen LogP contribution is -2.31. The van der Waals surface area contributed by atoms with Crippen molar-refractivity contribution < 1.29 is 9.26 Å². The van der Waals surface area contributed by atoms with Crippen molar-refractivity contribution in [3.8, 4) is 0 Å². The lowest BCUT2D eigenvalue weighted by molar-refractivity contribution is -0.0770. The van der Waals surface area contributed by atoms with Gasteiger partial charge in [0.25, 0.3) is 0 Å². The summed E-state index contributed by atoms with van der Waals surface area (Å²) in [5, 5.41) is 7.47. The molecular formula is C12H19N3O2. The highest BCUT2D eigenvalue weighted by atomic mass is 16.5. The standard InChI is InChI=1S/C12H19N3O2/c1-12(6-2-3-8-16-12)11-14-10(17-15-11)9-5-4-7-13-9/h9,13H,2-8H2,1H3/t9-,12?/m1/s1. The van der Waals surface area contributed by atoms with Crippen LogP contribution in [0, 0.1) is 0 Å². The highest BCUT2D eigenvalue weighted by Gasteiger charge is 2.36. The summed E-state index contributed by atoms with van der Waals surface area (Å²) >= 11 is 0. The molecule has 5 nitrogen and oxygen atoms in total. The second-order valence-electron chi connectivity index (χ2n) is 5.14. The van der Waals surface area contributed by atoms with Gasteiger partial charge in [0.05, 0.1) is 6.04 Å². The molecule has 1 aromatic heterocycles. The average Bonchev–Trinajstić information content (AvgIpc) is 3.01. The number of hydrogen-bond donors (Lipinski definition) is 1. The van der Waals surface area contributed by atoms with Crippen molar-refractivity contribution in [1.82, 2.24) is 15.5 Å². The Morgan fingerprint density at radius 2 is 2.29 bits per heavy atom. The maximum atomic E-state index is 5.82. The summed E-state index contributed by atoms with van der Waals surface area (Å²) in [6.45, 7) is 3.89. The van der Waals surface area contributed by atoms with E-state index in [0.29, 0.717) is 11.7 Å². The first-order chi connectivity index (χ1) is 8.28. The third-order valence-electron chi connectivity index (χ3n) is 3.74. The fraction of sp³-hybridized carbons (Fsp3) is 0.833. The maximum absolute atomic E-state index is 5.82. The minimum absolute atomic E-state index is 0.239. The molecule has 2 saturated heterocycles.